The van der Waals surface area contributed by atoms with Crippen LogP contribution in [0.5, 0.6) is 0 Å². The predicted molar refractivity (Wildman–Crippen MR) is 46.2 cm³/mol. The van der Waals surface area contributed by atoms with Gasteiger partial charge in [-0.25, -0.2) is 9.67 Å². The second kappa shape index (κ2) is 3.66. The monoisotopic (exact) mass is 183 g/mol. The van der Waals surface area contributed by atoms with Crippen LogP contribution >= 0.6 is 0 Å². The van der Waals surface area contributed by atoms with E-state index in [9.17, 15) is 9.90 Å². The molecule has 1 N–H and O–H groups in total. The van der Waals surface area contributed by atoms with Crippen LogP contribution in [0.15, 0.2) is 0 Å². The quantitative estimate of drug-likeness (QED) is 0.707. The van der Waals surface area contributed by atoms with Crippen LogP contribution in [0.1, 0.15) is 18.6 Å². The Bertz CT molecular complexity index is 319. The number of nitrogens with zero attached hydrogens (tertiary/aromatic N) is 3. The standard InChI is InChI=1S/C8H13N3O2/c1-5(12)8(13)4-11-7(3)9-6(2)10-11/h8,13H,4H2,1-3H3. The third-order valence-corrected chi connectivity index (χ3v) is 1.78. The van der Waals surface area contributed by atoms with Crippen molar-refractivity contribution in [3.8, 4) is 0 Å². The van der Waals surface area contributed by atoms with E-state index >= 15 is 0 Å². The van der Waals surface area contributed by atoms with Crippen molar-refractivity contribution in [1.29, 1.82) is 0 Å². The van der Waals surface area contributed by atoms with E-state index in [1.54, 1.807) is 13.8 Å². The van der Waals surface area contributed by atoms with Gasteiger partial charge in [-0.1, -0.05) is 0 Å². The fourth-order valence-electron chi connectivity index (χ4n) is 1.03. The van der Waals surface area contributed by atoms with E-state index in [-0.39, 0.29) is 12.3 Å². The van der Waals surface area contributed by atoms with Crippen molar-refractivity contribution in [1.82, 2.24) is 14.8 Å². The topological polar surface area (TPSA) is 68.0 Å². The Balaban J connectivity index is 2.74. The number of rotatable bonds is 3. The number of Topliss-reactive ketones (excluding diaryl/α,β-unsaturated/α-hetero) is 1. The summed E-state index contributed by atoms with van der Waals surface area (Å²) in [7, 11) is 0. The maximum Gasteiger partial charge on any atom is 0.160 e. The van der Waals surface area contributed by atoms with Gasteiger partial charge in [0.25, 0.3) is 0 Å². The van der Waals surface area contributed by atoms with Crippen molar-refractivity contribution in [3.63, 3.8) is 0 Å². The van der Waals surface area contributed by atoms with Gasteiger partial charge < -0.3 is 5.11 Å². The molecule has 1 aromatic rings. The van der Waals surface area contributed by atoms with Gasteiger partial charge in [-0.05, 0) is 20.8 Å². The van der Waals surface area contributed by atoms with Gasteiger partial charge in [-0.15, -0.1) is 0 Å². The van der Waals surface area contributed by atoms with Gasteiger partial charge in [0, 0.05) is 0 Å². The summed E-state index contributed by atoms with van der Waals surface area (Å²) in [4.78, 5) is 14.8. The first-order valence-corrected chi connectivity index (χ1v) is 4.07. The van der Waals surface area contributed by atoms with Gasteiger partial charge in [0.1, 0.15) is 17.8 Å². The molecule has 0 saturated heterocycles. The third kappa shape index (κ3) is 2.35. The van der Waals surface area contributed by atoms with E-state index in [1.807, 2.05) is 0 Å². The smallest absolute Gasteiger partial charge is 0.160 e. The lowest BCUT2D eigenvalue weighted by Crippen LogP contribution is -2.24. The summed E-state index contributed by atoms with van der Waals surface area (Å²) >= 11 is 0. The molecule has 1 atom stereocenters. The lowest BCUT2D eigenvalue weighted by atomic mass is 10.2. The van der Waals surface area contributed by atoms with Gasteiger partial charge in [0.2, 0.25) is 0 Å². The highest BCUT2D eigenvalue weighted by atomic mass is 16.3. The van der Waals surface area contributed by atoms with Crippen molar-refractivity contribution in [3.05, 3.63) is 11.6 Å². The van der Waals surface area contributed by atoms with E-state index < -0.39 is 6.10 Å². The van der Waals surface area contributed by atoms with Gasteiger partial charge in [0.05, 0.1) is 6.54 Å². The van der Waals surface area contributed by atoms with E-state index in [0.29, 0.717) is 11.6 Å². The second-order valence-corrected chi connectivity index (χ2v) is 3.01. The minimum absolute atomic E-state index is 0.183. The summed E-state index contributed by atoms with van der Waals surface area (Å²) in [5.74, 6) is 1.10. The molecule has 5 heteroatoms. The highest BCUT2D eigenvalue weighted by molar-refractivity contribution is 5.79. The van der Waals surface area contributed by atoms with Crippen molar-refractivity contribution in [2.75, 3.05) is 0 Å². The van der Waals surface area contributed by atoms with Crippen LogP contribution in [-0.2, 0) is 11.3 Å². The van der Waals surface area contributed by atoms with Crippen LogP contribution in [0.4, 0.5) is 0 Å². The van der Waals surface area contributed by atoms with E-state index in [2.05, 4.69) is 10.1 Å². The molecule has 0 bridgehead atoms. The average molecular weight is 183 g/mol. The van der Waals surface area contributed by atoms with E-state index in [4.69, 9.17) is 0 Å². The minimum Gasteiger partial charge on any atom is -0.383 e. The predicted octanol–water partition coefficient (Wildman–Crippen LogP) is -0.155. The summed E-state index contributed by atoms with van der Waals surface area (Å²) in [5.41, 5.74) is 0. The molecule has 0 aliphatic carbocycles. The molecule has 1 unspecified atom stereocenters. The molecule has 5 nitrogen and oxygen atoms in total. The summed E-state index contributed by atoms with van der Waals surface area (Å²) in [6.07, 6.45) is -0.986. The number of aryl methyl sites for hydroxylation is 2. The Morgan fingerprint density at radius 3 is 2.62 bits per heavy atom. The normalized spacial score (nSPS) is 12.9. The fraction of sp³-hybridized carbons (Fsp3) is 0.625. The zero-order valence-corrected chi connectivity index (χ0v) is 7.98. The van der Waals surface area contributed by atoms with E-state index in [1.165, 1.54) is 11.6 Å². The van der Waals surface area contributed by atoms with Gasteiger partial charge in [-0.3, -0.25) is 4.79 Å². The molecule has 0 amide bonds. The minimum atomic E-state index is -0.986. The maximum absolute atomic E-state index is 10.8. The molecule has 13 heavy (non-hydrogen) atoms. The van der Waals surface area contributed by atoms with Crippen LogP contribution < -0.4 is 0 Å². The van der Waals surface area contributed by atoms with Crippen LogP contribution in [0, 0.1) is 13.8 Å². The Kier molecular flexibility index (Phi) is 2.77. The number of hydrogen-bond acceptors (Lipinski definition) is 4. The molecule has 0 aliphatic heterocycles. The lowest BCUT2D eigenvalue weighted by Gasteiger charge is -2.06. The molecule has 1 heterocycles. The zero-order chi connectivity index (χ0) is 10.0. The third-order valence-electron chi connectivity index (χ3n) is 1.78. The number of aromatic nitrogens is 3. The SMILES string of the molecule is CC(=O)C(O)Cn1nc(C)nc1C. The second-order valence-electron chi connectivity index (χ2n) is 3.01. The van der Waals surface area contributed by atoms with Crippen LogP contribution in [-0.4, -0.2) is 31.8 Å². The van der Waals surface area contributed by atoms with Crippen LogP contribution in [0.25, 0.3) is 0 Å². The number of aliphatic hydroxyl groups is 1. The highest BCUT2D eigenvalue weighted by Crippen LogP contribution is 1.98. The van der Waals surface area contributed by atoms with Crippen LogP contribution in [0.2, 0.25) is 0 Å². The number of carbonyl (C=O) groups is 1. The molecule has 1 rings (SSSR count). The average Bonchev–Trinajstić information content (AvgIpc) is 2.30. The molecule has 72 valence electrons. The van der Waals surface area contributed by atoms with Crippen LogP contribution in [0.3, 0.4) is 0 Å². The molecule has 0 aliphatic rings. The van der Waals surface area contributed by atoms with Gasteiger partial charge in [-0.2, -0.15) is 5.10 Å². The first-order valence-electron chi connectivity index (χ1n) is 4.07. The summed E-state index contributed by atoms with van der Waals surface area (Å²) < 4.78 is 1.53. The molecule has 0 spiro atoms. The van der Waals surface area contributed by atoms with Gasteiger partial charge in [0.15, 0.2) is 5.78 Å². The van der Waals surface area contributed by atoms with Gasteiger partial charge >= 0.3 is 0 Å². The molecule has 0 fully saturated rings. The molecule has 0 aromatic carbocycles. The first kappa shape index (κ1) is 9.85. The maximum atomic E-state index is 10.8. The Labute approximate surface area is 76.4 Å². The molecule has 1 aromatic heterocycles. The summed E-state index contributed by atoms with van der Waals surface area (Å²) in [6, 6.07) is 0. The molecule has 0 saturated carbocycles. The molecular weight excluding hydrogens is 170 g/mol. The number of ketones is 1. The number of carbonyl (C=O) groups excluding carboxylic acids is 1. The lowest BCUT2D eigenvalue weighted by molar-refractivity contribution is -0.125. The largest absolute Gasteiger partial charge is 0.383 e. The first-order chi connectivity index (χ1) is 6.00. The Hall–Kier alpha value is -1.23. The highest BCUT2D eigenvalue weighted by Gasteiger charge is 2.12. The van der Waals surface area contributed by atoms with Crippen molar-refractivity contribution < 1.29 is 9.90 Å². The van der Waals surface area contributed by atoms with E-state index in [0.717, 1.165) is 0 Å². The summed E-state index contributed by atoms with van der Waals surface area (Å²) in [6.45, 7) is 5.09. The van der Waals surface area contributed by atoms with Crippen molar-refractivity contribution in [2.24, 2.45) is 0 Å². The number of aliphatic hydroxyl groups excluding tert-OH is 1. The summed E-state index contributed by atoms with van der Waals surface area (Å²) in [5, 5.41) is 13.3. The Morgan fingerprint density at radius 1 is 1.62 bits per heavy atom. The zero-order valence-electron chi connectivity index (χ0n) is 7.98. The van der Waals surface area contributed by atoms with Crippen molar-refractivity contribution >= 4 is 5.78 Å². The fourth-order valence-corrected chi connectivity index (χ4v) is 1.03. The number of hydrogen-bond donors (Lipinski definition) is 1. The molecular formula is C8H13N3O2. The molecule has 0 radical (unpaired) electrons. The Morgan fingerprint density at radius 2 is 2.23 bits per heavy atom. The van der Waals surface area contributed by atoms with Crippen molar-refractivity contribution in [2.45, 2.75) is 33.4 Å².